The Bertz CT molecular complexity index is 1030. The summed E-state index contributed by atoms with van der Waals surface area (Å²) in [5.74, 6) is -1.35. The minimum Gasteiger partial charge on any atom is -0.497 e. The SMILES string of the molecule is COc1ccc(-c2ccc(C=C3SC(=S)N(C(CCC(=O)O)C(=O)O)C3=O)o2)cc1. The Balaban J connectivity index is 1.80. The average molecular weight is 447 g/mol. The lowest BCUT2D eigenvalue weighted by Crippen LogP contribution is -2.44. The maximum absolute atomic E-state index is 12.7. The zero-order chi connectivity index (χ0) is 21.8. The molecule has 1 saturated heterocycles. The van der Waals surface area contributed by atoms with Gasteiger partial charge in [0.2, 0.25) is 0 Å². The molecule has 10 heteroatoms. The van der Waals surface area contributed by atoms with Crippen LogP contribution in [-0.2, 0) is 14.4 Å². The van der Waals surface area contributed by atoms with Gasteiger partial charge in [-0.2, -0.15) is 0 Å². The number of nitrogens with zero attached hydrogens (tertiary/aromatic N) is 1. The molecule has 0 aliphatic carbocycles. The maximum Gasteiger partial charge on any atom is 0.326 e. The van der Waals surface area contributed by atoms with Crippen LogP contribution in [0.25, 0.3) is 17.4 Å². The summed E-state index contributed by atoms with van der Waals surface area (Å²) in [7, 11) is 1.58. The van der Waals surface area contributed by atoms with Gasteiger partial charge in [0.05, 0.1) is 12.0 Å². The van der Waals surface area contributed by atoms with Crippen LogP contribution in [0.2, 0.25) is 0 Å². The number of hydrogen-bond donors (Lipinski definition) is 2. The number of furan rings is 1. The minimum absolute atomic E-state index is 0.0611. The minimum atomic E-state index is -1.34. The van der Waals surface area contributed by atoms with Gasteiger partial charge in [0.25, 0.3) is 5.91 Å². The van der Waals surface area contributed by atoms with Gasteiger partial charge in [-0.25, -0.2) is 4.79 Å². The zero-order valence-corrected chi connectivity index (χ0v) is 17.4. The van der Waals surface area contributed by atoms with E-state index < -0.39 is 30.3 Å². The van der Waals surface area contributed by atoms with E-state index in [9.17, 15) is 19.5 Å². The number of carboxylic acid groups (broad SMARTS) is 2. The Hall–Kier alpha value is -3.11. The van der Waals surface area contributed by atoms with Gasteiger partial charge in [0.1, 0.15) is 27.6 Å². The molecule has 1 atom stereocenters. The van der Waals surface area contributed by atoms with Gasteiger partial charge >= 0.3 is 11.9 Å². The summed E-state index contributed by atoms with van der Waals surface area (Å²) >= 11 is 6.11. The highest BCUT2D eigenvalue weighted by atomic mass is 32.2. The molecule has 0 spiro atoms. The van der Waals surface area contributed by atoms with E-state index in [0.29, 0.717) is 17.3 Å². The predicted octanol–water partition coefficient (Wildman–Crippen LogP) is 3.47. The highest BCUT2D eigenvalue weighted by molar-refractivity contribution is 8.26. The van der Waals surface area contributed by atoms with Crippen LogP contribution in [-0.4, -0.2) is 50.4 Å². The first-order valence-electron chi connectivity index (χ1n) is 8.76. The van der Waals surface area contributed by atoms with Crippen LogP contribution in [0.5, 0.6) is 5.75 Å². The number of carbonyl (C=O) groups is 3. The Kier molecular flexibility index (Phi) is 6.58. The molecule has 1 aromatic carbocycles. The summed E-state index contributed by atoms with van der Waals surface area (Å²) < 4.78 is 11.0. The fourth-order valence-corrected chi connectivity index (χ4v) is 4.18. The number of ether oxygens (including phenoxy) is 1. The van der Waals surface area contributed by atoms with E-state index in [1.807, 2.05) is 12.1 Å². The predicted molar refractivity (Wildman–Crippen MR) is 114 cm³/mol. The molecule has 3 rings (SSSR count). The summed E-state index contributed by atoms with van der Waals surface area (Å²) in [5.41, 5.74) is 0.822. The molecule has 2 aromatic rings. The van der Waals surface area contributed by atoms with Crippen molar-refractivity contribution in [3.8, 4) is 17.1 Å². The highest BCUT2D eigenvalue weighted by Crippen LogP contribution is 2.35. The number of thioether (sulfide) groups is 1. The van der Waals surface area contributed by atoms with E-state index in [1.54, 1.807) is 31.4 Å². The van der Waals surface area contributed by atoms with E-state index >= 15 is 0 Å². The van der Waals surface area contributed by atoms with Crippen molar-refractivity contribution in [1.29, 1.82) is 0 Å². The zero-order valence-electron chi connectivity index (χ0n) is 15.7. The molecular weight excluding hydrogens is 430 g/mol. The van der Waals surface area contributed by atoms with Crippen molar-refractivity contribution < 1.29 is 33.8 Å². The number of methoxy groups -OCH3 is 1. The van der Waals surface area contributed by atoms with Crippen LogP contribution >= 0.6 is 24.0 Å². The van der Waals surface area contributed by atoms with Gasteiger partial charge in [0, 0.05) is 18.1 Å². The number of aliphatic carboxylic acids is 2. The van der Waals surface area contributed by atoms with Crippen molar-refractivity contribution in [2.24, 2.45) is 0 Å². The van der Waals surface area contributed by atoms with E-state index in [-0.39, 0.29) is 15.6 Å². The molecule has 1 aliphatic rings. The van der Waals surface area contributed by atoms with Crippen LogP contribution in [0, 0.1) is 0 Å². The van der Waals surface area contributed by atoms with E-state index in [1.165, 1.54) is 6.08 Å². The van der Waals surface area contributed by atoms with E-state index in [2.05, 4.69) is 0 Å². The molecule has 2 heterocycles. The number of rotatable bonds is 8. The Morgan fingerprint density at radius 3 is 2.53 bits per heavy atom. The Morgan fingerprint density at radius 1 is 1.23 bits per heavy atom. The van der Waals surface area contributed by atoms with Crippen molar-refractivity contribution >= 4 is 52.2 Å². The number of carbonyl (C=O) groups excluding carboxylic acids is 1. The molecule has 1 fully saturated rings. The summed E-state index contributed by atoms with van der Waals surface area (Å²) in [6.45, 7) is 0. The lowest BCUT2D eigenvalue weighted by Gasteiger charge is -2.22. The molecule has 2 N–H and O–H groups in total. The molecule has 8 nitrogen and oxygen atoms in total. The quantitative estimate of drug-likeness (QED) is 0.463. The molecule has 1 unspecified atom stereocenters. The standard InChI is InChI=1S/C20H17NO7S2/c1-27-12-4-2-11(3-5-12)15-8-6-13(28-15)10-16-18(24)21(20(29)30-16)14(19(25)26)7-9-17(22)23/h2-6,8,10,14H,7,9H2,1H3,(H,22,23)(H,25,26). The molecule has 156 valence electrons. The second-order valence-electron chi connectivity index (χ2n) is 6.27. The molecule has 0 saturated carbocycles. The highest BCUT2D eigenvalue weighted by Gasteiger charge is 2.40. The topological polar surface area (TPSA) is 117 Å². The van der Waals surface area contributed by atoms with Gasteiger partial charge < -0.3 is 19.4 Å². The first kappa shape index (κ1) is 21.6. The summed E-state index contributed by atoms with van der Waals surface area (Å²) in [4.78, 5) is 36.3. The average Bonchev–Trinajstić information content (AvgIpc) is 3.28. The number of amides is 1. The van der Waals surface area contributed by atoms with Crippen LogP contribution < -0.4 is 4.74 Å². The molecule has 0 radical (unpaired) electrons. The second-order valence-corrected chi connectivity index (χ2v) is 7.94. The molecule has 1 aliphatic heterocycles. The Labute approximate surface area is 181 Å². The van der Waals surface area contributed by atoms with Gasteiger partial charge in [-0.15, -0.1) is 0 Å². The summed E-state index contributed by atoms with van der Waals surface area (Å²) in [6, 6.07) is 9.36. The van der Waals surface area contributed by atoms with Gasteiger partial charge in [-0.1, -0.05) is 24.0 Å². The van der Waals surface area contributed by atoms with Gasteiger partial charge in [-0.3, -0.25) is 14.5 Å². The number of thiocarbonyl (C=S) groups is 1. The third-order valence-corrected chi connectivity index (χ3v) is 5.66. The summed E-state index contributed by atoms with van der Waals surface area (Å²) in [6.07, 6.45) is 0.853. The van der Waals surface area contributed by atoms with E-state index in [0.717, 1.165) is 22.2 Å². The first-order valence-corrected chi connectivity index (χ1v) is 9.98. The number of benzene rings is 1. The van der Waals surface area contributed by atoms with Crippen LogP contribution in [0.15, 0.2) is 45.7 Å². The molecular formula is C20H17NO7S2. The van der Waals surface area contributed by atoms with Crippen molar-refractivity contribution in [3.05, 3.63) is 47.1 Å². The third-order valence-electron chi connectivity index (χ3n) is 4.33. The monoisotopic (exact) mass is 447 g/mol. The summed E-state index contributed by atoms with van der Waals surface area (Å²) in [5, 5.41) is 18.2. The van der Waals surface area contributed by atoms with Gasteiger partial charge in [0.15, 0.2) is 0 Å². The van der Waals surface area contributed by atoms with Crippen LogP contribution in [0.4, 0.5) is 0 Å². The fraction of sp³-hybridized carbons (Fsp3) is 0.200. The largest absolute Gasteiger partial charge is 0.497 e. The van der Waals surface area contributed by atoms with Crippen molar-refractivity contribution in [1.82, 2.24) is 4.90 Å². The van der Waals surface area contributed by atoms with Crippen molar-refractivity contribution in [2.45, 2.75) is 18.9 Å². The third kappa shape index (κ3) is 4.71. The number of carboxylic acids is 2. The molecule has 1 aromatic heterocycles. The normalized spacial score (nSPS) is 16.2. The van der Waals surface area contributed by atoms with E-state index in [4.69, 9.17) is 26.5 Å². The van der Waals surface area contributed by atoms with Crippen LogP contribution in [0.3, 0.4) is 0 Å². The first-order chi connectivity index (χ1) is 14.3. The lowest BCUT2D eigenvalue weighted by molar-refractivity contribution is -0.146. The molecule has 0 bridgehead atoms. The Morgan fingerprint density at radius 2 is 1.93 bits per heavy atom. The molecule has 1 amide bonds. The smallest absolute Gasteiger partial charge is 0.326 e. The van der Waals surface area contributed by atoms with Crippen LogP contribution in [0.1, 0.15) is 18.6 Å². The van der Waals surface area contributed by atoms with Gasteiger partial charge in [-0.05, 0) is 42.8 Å². The second kappa shape index (κ2) is 9.14. The fourth-order valence-electron chi connectivity index (χ4n) is 2.84. The van der Waals surface area contributed by atoms with Crippen molar-refractivity contribution in [2.75, 3.05) is 7.11 Å². The maximum atomic E-state index is 12.7. The van der Waals surface area contributed by atoms with Crippen molar-refractivity contribution in [3.63, 3.8) is 0 Å². The lowest BCUT2D eigenvalue weighted by atomic mass is 10.1. The number of hydrogen-bond acceptors (Lipinski definition) is 7. The molecule has 30 heavy (non-hydrogen) atoms.